The van der Waals surface area contributed by atoms with Gasteiger partial charge in [0.25, 0.3) is 0 Å². The first-order chi connectivity index (χ1) is 29.2. The van der Waals surface area contributed by atoms with Crippen LogP contribution >= 0.6 is 0 Å². The summed E-state index contributed by atoms with van der Waals surface area (Å²) in [6.45, 7) is 0. The number of hydrogen-bond acceptors (Lipinski definition) is 4. The van der Waals surface area contributed by atoms with Crippen LogP contribution in [0.3, 0.4) is 0 Å². The van der Waals surface area contributed by atoms with Crippen LogP contribution in [0.2, 0.25) is 0 Å². The first-order valence-electron chi connectivity index (χ1n) is 22.3. The third-order valence-corrected chi connectivity index (χ3v) is 16.2. The number of hydrogen-bond donors (Lipinski definition) is 2. The molecular formula is C54H50O6. The highest BCUT2D eigenvalue weighted by Crippen LogP contribution is 2.64. The van der Waals surface area contributed by atoms with Crippen molar-refractivity contribution in [3.63, 3.8) is 0 Å². The Hall–Kier alpha value is -5.62. The van der Waals surface area contributed by atoms with E-state index in [-0.39, 0.29) is 22.0 Å². The number of aromatic carboxylic acids is 2. The van der Waals surface area contributed by atoms with Crippen molar-refractivity contribution in [3.05, 3.63) is 131 Å². The molecule has 0 heterocycles. The molecule has 8 aliphatic rings. The predicted molar refractivity (Wildman–Crippen MR) is 234 cm³/mol. The van der Waals surface area contributed by atoms with E-state index in [4.69, 9.17) is 9.47 Å². The second-order valence-electron chi connectivity index (χ2n) is 19.9. The summed E-state index contributed by atoms with van der Waals surface area (Å²) in [7, 11) is 0. The molecule has 302 valence electrons. The zero-order valence-electron chi connectivity index (χ0n) is 33.9. The van der Waals surface area contributed by atoms with Crippen LogP contribution in [0.1, 0.15) is 109 Å². The number of carbonyl (C=O) groups is 2. The Morgan fingerprint density at radius 1 is 0.417 bits per heavy atom. The predicted octanol–water partition coefficient (Wildman–Crippen LogP) is 13.6. The fourth-order valence-electron chi connectivity index (χ4n) is 14.8. The molecule has 6 heteroatoms. The van der Waals surface area contributed by atoms with E-state index in [1.54, 1.807) is 48.5 Å². The topological polar surface area (TPSA) is 93.1 Å². The van der Waals surface area contributed by atoms with E-state index in [2.05, 4.69) is 60.7 Å². The zero-order valence-corrected chi connectivity index (χ0v) is 33.9. The Morgan fingerprint density at radius 2 is 0.750 bits per heavy atom. The van der Waals surface area contributed by atoms with Gasteiger partial charge in [0, 0.05) is 11.1 Å². The zero-order chi connectivity index (χ0) is 40.3. The normalized spacial score (nSPS) is 29.6. The van der Waals surface area contributed by atoms with Gasteiger partial charge in [0.15, 0.2) is 0 Å². The van der Waals surface area contributed by atoms with Crippen LogP contribution in [0, 0.1) is 35.5 Å². The molecule has 8 saturated carbocycles. The summed E-state index contributed by atoms with van der Waals surface area (Å²) in [4.78, 5) is 23.6. The van der Waals surface area contributed by atoms with Crippen LogP contribution in [0.25, 0.3) is 32.7 Å². The minimum Gasteiger partial charge on any atom is -0.478 e. The van der Waals surface area contributed by atoms with Gasteiger partial charge < -0.3 is 19.7 Å². The van der Waals surface area contributed by atoms with Gasteiger partial charge in [-0.15, -0.1) is 0 Å². The van der Waals surface area contributed by atoms with Crippen molar-refractivity contribution in [1.29, 1.82) is 0 Å². The SMILES string of the molecule is O=C(O)c1ccc(Oc2ccc3c(C45CC6CC(CC(C6)C4)C5)cccc3c2-c2c(Oc3ccc(C(=O)O)cc3)ccc3c(C45CC6CC(CC(C6)C4)C5)cccc23)cc1. The second kappa shape index (κ2) is 13.4. The summed E-state index contributed by atoms with van der Waals surface area (Å²) in [5.74, 6) is 5.31. The quantitative estimate of drug-likeness (QED) is 0.151. The van der Waals surface area contributed by atoms with Crippen molar-refractivity contribution in [2.24, 2.45) is 35.5 Å². The highest BCUT2D eigenvalue weighted by Gasteiger charge is 2.53. The first-order valence-corrected chi connectivity index (χ1v) is 22.3. The summed E-state index contributed by atoms with van der Waals surface area (Å²) in [5.41, 5.74) is 5.55. The maximum Gasteiger partial charge on any atom is 0.335 e. The van der Waals surface area contributed by atoms with Crippen LogP contribution in [-0.4, -0.2) is 22.2 Å². The van der Waals surface area contributed by atoms with Crippen molar-refractivity contribution in [3.8, 4) is 34.1 Å². The summed E-state index contributed by atoms with van der Waals surface area (Å²) < 4.78 is 13.8. The van der Waals surface area contributed by atoms with Crippen molar-refractivity contribution in [2.45, 2.75) is 87.9 Å². The Labute approximate surface area is 350 Å². The fraction of sp³-hybridized carbons (Fsp3) is 0.370. The highest BCUT2D eigenvalue weighted by molar-refractivity contribution is 6.11. The number of rotatable bonds is 9. The maximum atomic E-state index is 11.8. The van der Waals surface area contributed by atoms with Crippen molar-refractivity contribution >= 4 is 33.5 Å². The van der Waals surface area contributed by atoms with Gasteiger partial charge in [-0.3, -0.25) is 0 Å². The van der Waals surface area contributed by atoms with Crippen molar-refractivity contribution in [1.82, 2.24) is 0 Å². The molecule has 0 aromatic heterocycles. The number of ether oxygens (including phenoxy) is 2. The van der Waals surface area contributed by atoms with Crippen LogP contribution in [-0.2, 0) is 10.8 Å². The second-order valence-corrected chi connectivity index (χ2v) is 19.9. The van der Waals surface area contributed by atoms with E-state index in [0.717, 1.165) is 57.4 Å². The molecule has 8 aliphatic carbocycles. The van der Waals surface area contributed by atoms with Gasteiger partial charge in [0.05, 0.1) is 11.1 Å². The number of benzene rings is 6. The molecule has 0 radical (unpaired) electrons. The minimum absolute atomic E-state index is 0.163. The van der Waals surface area contributed by atoms with Gasteiger partial charge in [-0.05, 0) is 217 Å². The lowest BCUT2D eigenvalue weighted by atomic mass is 9.47. The Bertz CT molecular complexity index is 2470. The molecule has 0 amide bonds. The van der Waals surface area contributed by atoms with Crippen LogP contribution in [0.4, 0.5) is 0 Å². The smallest absolute Gasteiger partial charge is 0.335 e. The van der Waals surface area contributed by atoms with E-state index in [1.807, 2.05) is 0 Å². The summed E-state index contributed by atoms with van der Waals surface area (Å²) >= 11 is 0. The third kappa shape index (κ3) is 5.80. The van der Waals surface area contributed by atoms with Gasteiger partial charge in [0.2, 0.25) is 0 Å². The van der Waals surface area contributed by atoms with E-state index in [9.17, 15) is 19.8 Å². The van der Waals surface area contributed by atoms with Crippen LogP contribution in [0.15, 0.2) is 109 Å². The van der Waals surface area contributed by atoms with E-state index >= 15 is 0 Å². The molecule has 0 atom stereocenters. The van der Waals surface area contributed by atoms with E-state index < -0.39 is 11.9 Å². The molecule has 14 rings (SSSR count). The number of carboxylic acid groups (broad SMARTS) is 2. The molecule has 0 aliphatic heterocycles. The molecule has 6 aromatic rings. The molecule has 2 N–H and O–H groups in total. The highest BCUT2D eigenvalue weighted by atomic mass is 16.5. The fourth-order valence-corrected chi connectivity index (χ4v) is 14.8. The maximum absolute atomic E-state index is 11.8. The number of fused-ring (bicyclic) bond motifs is 2. The lowest BCUT2D eigenvalue weighted by Gasteiger charge is -2.57. The average Bonchev–Trinajstić information content (AvgIpc) is 3.23. The van der Waals surface area contributed by atoms with Crippen molar-refractivity contribution in [2.75, 3.05) is 0 Å². The van der Waals surface area contributed by atoms with Gasteiger partial charge in [0.1, 0.15) is 23.0 Å². The number of carboxylic acids is 2. The average molecular weight is 795 g/mol. The lowest BCUT2D eigenvalue weighted by Crippen LogP contribution is -2.48. The largest absolute Gasteiger partial charge is 0.478 e. The Morgan fingerprint density at radius 3 is 1.07 bits per heavy atom. The molecule has 0 spiro atoms. The molecule has 0 unspecified atom stereocenters. The lowest BCUT2D eigenvalue weighted by molar-refractivity contribution is -0.00462. The third-order valence-electron chi connectivity index (χ3n) is 16.2. The van der Waals surface area contributed by atoms with Crippen molar-refractivity contribution < 1.29 is 29.3 Å². The minimum atomic E-state index is -0.978. The summed E-state index contributed by atoms with van der Waals surface area (Å²) in [6, 6.07) is 35.9. The van der Waals surface area contributed by atoms with Gasteiger partial charge >= 0.3 is 11.9 Å². The Balaban J connectivity index is 1.10. The van der Waals surface area contributed by atoms with Crippen LogP contribution < -0.4 is 9.47 Å². The van der Waals surface area contributed by atoms with Gasteiger partial charge in [-0.2, -0.15) is 0 Å². The molecule has 6 aromatic carbocycles. The molecule has 60 heavy (non-hydrogen) atoms. The molecule has 0 saturated heterocycles. The molecule has 8 fully saturated rings. The van der Waals surface area contributed by atoms with Gasteiger partial charge in [-0.1, -0.05) is 48.5 Å². The molecular weight excluding hydrogens is 745 g/mol. The standard InChI is InChI=1S/C54H50O6/c55-51(56)37-7-11-39(12-8-37)59-47-17-15-41-43(3-1-5-45(41)53-25-31-19-32(26-53)21-33(20-31)27-53)49(47)50-44-4-2-6-46(54-28-34-22-35(29-54)24-36(23-34)30-54)42(44)16-18-48(50)60-40-13-9-38(10-14-40)52(57)58/h1-18,31-36H,19-30H2,(H,55,56)(H,57,58). The Kier molecular flexibility index (Phi) is 8.12. The monoisotopic (exact) mass is 794 g/mol. The van der Waals surface area contributed by atoms with E-state index in [0.29, 0.717) is 23.0 Å². The van der Waals surface area contributed by atoms with E-state index in [1.165, 1.54) is 98.9 Å². The van der Waals surface area contributed by atoms with Gasteiger partial charge in [-0.25, -0.2) is 9.59 Å². The molecule has 6 nitrogen and oxygen atoms in total. The summed E-state index contributed by atoms with van der Waals surface area (Å²) in [6.07, 6.45) is 15.8. The first kappa shape index (κ1) is 36.2. The van der Waals surface area contributed by atoms with Crippen LogP contribution in [0.5, 0.6) is 23.0 Å². The summed E-state index contributed by atoms with van der Waals surface area (Å²) in [5, 5.41) is 24.1. The molecule has 8 bridgehead atoms.